The zero-order chi connectivity index (χ0) is 17.3. The summed E-state index contributed by atoms with van der Waals surface area (Å²) in [5.41, 5.74) is 3.10. The zero-order valence-electron chi connectivity index (χ0n) is 14.3. The Hall–Kier alpha value is -2.57. The molecule has 1 aliphatic rings. The molecule has 0 spiro atoms. The zero-order valence-corrected chi connectivity index (χ0v) is 15.1. The van der Waals surface area contributed by atoms with Gasteiger partial charge in [-0.25, -0.2) is 9.50 Å². The average molecular weight is 361 g/mol. The molecule has 6 heteroatoms. The third kappa shape index (κ3) is 3.02. The van der Waals surface area contributed by atoms with Crippen LogP contribution in [0.25, 0.3) is 16.8 Å². The number of thiophene rings is 1. The highest BCUT2D eigenvalue weighted by atomic mass is 32.1. The molecule has 26 heavy (non-hydrogen) atoms. The van der Waals surface area contributed by atoms with Gasteiger partial charge in [0.25, 0.3) is 0 Å². The van der Waals surface area contributed by atoms with Crippen LogP contribution in [-0.2, 0) is 6.54 Å². The molecule has 0 aliphatic carbocycles. The van der Waals surface area contributed by atoms with Crippen molar-refractivity contribution in [1.82, 2.24) is 24.5 Å². The second kappa shape index (κ2) is 6.63. The van der Waals surface area contributed by atoms with E-state index < -0.39 is 0 Å². The normalized spacial score (nSPS) is 17.9. The number of likely N-dealkylation sites (tertiary alicyclic amines) is 1. The molecule has 130 valence electrons. The first-order valence-electron chi connectivity index (χ1n) is 8.86. The van der Waals surface area contributed by atoms with Gasteiger partial charge in [0.2, 0.25) is 0 Å². The fourth-order valence-electron chi connectivity index (χ4n) is 3.59. The highest BCUT2D eigenvalue weighted by molar-refractivity contribution is 7.09. The topological polar surface area (TPSA) is 46.3 Å². The van der Waals surface area contributed by atoms with Gasteiger partial charge in [-0.15, -0.1) is 11.3 Å². The van der Waals surface area contributed by atoms with Gasteiger partial charge in [-0.05, 0) is 42.6 Å². The molecule has 1 atom stereocenters. The molecule has 1 aliphatic heterocycles. The van der Waals surface area contributed by atoms with Crippen molar-refractivity contribution in [1.29, 1.82) is 0 Å². The molecule has 4 aromatic rings. The molecular weight excluding hydrogens is 342 g/mol. The molecule has 4 aromatic heterocycles. The summed E-state index contributed by atoms with van der Waals surface area (Å²) < 4.78 is 1.90. The summed E-state index contributed by atoms with van der Waals surface area (Å²) in [5, 5.41) is 6.92. The van der Waals surface area contributed by atoms with Crippen molar-refractivity contribution in [3.05, 3.63) is 71.1 Å². The first-order chi connectivity index (χ1) is 12.8. The fraction of sp³-hybridized carbons (Fsp3) is 0.250. The first kappa shape index (κ1) is 15.7. The van der Waals surface area contributed by atoms with E-state index in [4.69, 9.17) is 10.1 Å². The predicted octanol–water partition coefficient (Wildman–Crippen LogP) is 3.84. The second-order valence-corrected chi connectivity index (χ2v) is 7.76. The van der Waals surface area contributed by atoms with E-state index in [2.05, 4.69) is 39.5 Å². The van der Waals surface area contributed by atoms with Crippen LogP contribution < -0.4 is 0 Å². The van der Waals surface area contributed by atoms with E-state index in [9.17, 15) is 0 Å². The van der Waals surface area contributed by atoms with Crippen molar-refractivity contribution in [3.8, 4) is 11.1 Å². The molecule has 0 aromatic carbocycles. The molecule has 0 bridgehead atoms. The van der Waals surface area contributed by atoms with Gasteiger partial charge in [-0.3, -0.25) is 9.88 Å². The summed E-state index contributed by atoms with van der Waals surface area (Å²) >= 11 is 1.83. The first-order valence-corrected chi connectivity index (χ1v) is 9.74. The van der Waals surface area contributed by atoms with Gasteiger partial charge in [0.15, 0.2) is 11.5 Å². The Kier molecular flexibility index (Phi) is 3.99. The van der Waals surface area contributed by atoms with E-state index in [1.165, 1.54) is 4.88 Å². The summed E-state index contributed by atoms with van der Waals surface area (Å²) in [6, 6.07) is 12.5. The van der Waals surface area contributed by atoms with Crippen LogP contribution >= 0.6 is 11.3 Å². The lowest BCUT2D eigenvalue weighted by Gasteiger charge is -2.13. The van der Waals surface area contributed by atoms with Crippen molar-refractivity contribution >= 4 is 17.0 Å². The minimum Gasteiger partial charge on any atom is -0.298 e. The molecule has 0 unspecified atom stereocenters. The SMILES string of the molecule is c1cncc(-c2ccc3nc([C@@H]4CCN(Cc5cccs5)C4)nn3c2)c1. The van der Waals surface area contributed by atoms with Crippen LogP contribution in [0.1, 0.15) is 23.0 Å². The van der Waals surface area contributed by atoms with Gasteiger partial charge in [0.05, 0.1) is 0 Å². The summed E-state index contributed by atoms with van der Waals surface area (Å²) in [5.74, 6) is 1.37. The third-order valence-corrected chi connectivity index (χ3v) is 5.80. The molecule has 0 N–H and O–H groups in total. The Bertz CT molecular complexity index is 1010. The number of rotatable bonds is 4. The second-order valence-electron chi connectivity index (χ2n) is 6.73. The molecule has 1 saturated heterocycles. The Morgan fingerprint density at radius 2 is 2.12 bits per heavy atom. The van der Waals surface area contributed by atoms with Crippen LogP contribution in [0.5, 0.6) is 0 Å². The molecule has 0 radical (unpaired) electrons. The fourth-order valence-corrected chi connectivity index (χ4v) is 4.33. The van der Waals surface area contributed by atoms with Gasteiger partial charge in [-0.1, -0.05) is 12.1 Å². The van der Waals surface area contributed by atoms with Crippen LogP contribution in [0, 0.1) is 0 Å². The largest absolute Gasteiger partial charge is 0.298 e. The lowest BCUT2D eigenvalue weighted by Crippen LogP contribution is -2.19. The third-order valence-electron chi connectivity index (χ3n) is 4.94. The van der Waals surface area contributed by atoms with Gasteiger partial charge in [0.1, 0.15) is 0 Å². The maximum atomic E-state index is 4.77. The standard InChI is InChI=1S/C20H19N5S/c1-3-15(11-21-8-1)16-5-6-19-22-20(23-25(19)13-16)17-7-9-24(12-17)14-18-4-2-10-26-18/h1-6,8,10-11,13,17H,7,9,12,14H2/t17-/m1/s1. The maximum Gasteiger partial charge on any atom is 0.156 e. The number of fused-ring (bicyclic) bond motifs is 1. The number of hydrogen-bond acceptors (Lipinski definition) is 5. The number of aromatic nitrogens is 4. The minimum absolute atomic E-state index is 0.414. The summed E-state index contributed by atoms with van der Waals surface area (Å²) in [6.07, 6.45) is 6.83. The van der Waals surface area contributed by atoms with Crippen LogP contribution in [0.3, 0.4) is 0 Å². The van der Waals surface area contributed by atoms with E-state index in [1.54, 1.807) is 6.20 Å². The van der Waals surface area contributed by atoms with Crippen molar-refractivity contribution in [2.75, 3.05) is 13.1 Å². The monoisotopic (exact) mass is 361 g/mol. The average Bonchev–Trinajstić information content (AvgIpc) is 3.42. The van der Waals surface area contributed by atoms with Gasteiger partial charge < -0.3 is 0 Å². The predicted molar refractivity (Wildman–Crippen MR) is 103 cm³/mol. The Morgan fingerprint density at radius 3 is 2.96 bits per heavy atom. The number of pyridine rings is 2. The Balaban J connectivity index is 1.36. The summed E-state index contributed by atoms with van der Waals surface area (Å²) in [6.45, 7) is 3.18. The van der Waals surface area contributed by atoms with Crippen LogP contribution in [0.4, 0.5) is 0 Å². The Labute approximate surface area is 156 Å². The van der Waals surface area contributed by atoms with Crippen molar-refractivity contribution in [2.24, 2.45) is 0 Å². The van der Waals surface area contributed by atoms with E-state index >= 15 is 0 Å². The smallest absolute Gasteiger partial charge is 0.156 e. The van der Waals surface area contributed by atoms with Gasteiger partial charge >= 0.3 is 0 Å². The lowest BCUT2D eigenvalue weighted by atomic mass is 10.1. The number of nitrogens with zero attached hydrogens (tertiary/aromatic N) is 5. The Morgan fingerprint density at radius 1 is 1.12 bits per heavy atom. The molecule has 5 heterocycles. The van der Waals surface area contributed by atoms with Gasteiger partial charge in [0, 0.05) is 53.6 Å². The highest BCUT2D eigenvalue weighted by Crippen LogP contribution is 2.27. The lowest BCUT2D eigenvalue weighted by molar-refractivity contribution is 0.328. The quantitative estimate of drug-likeness (QED) is 0.554. The molecule has 0 saturated carbocycles. The van der Waals surface area contributed by atoms with Crippen LogP contribution in [0.15, 0.2) is 60.4 Å². The van der Waals surface area contributed by atoms with Crippen molar-refractivity contribution < 1.29 is 0 Å². The number of hydrogen-bond donors (Lipinski definition) is 0. The van der Waals surface area contributed by atoms with E-state index in [-0.39, 0.29) is 0 Å². The summed E-state index contributed by atoms with van der Waals surface area (Å²) in [7, 11) is 0. The molecule has 5 rings (SSSR count). The minimum atomic E-state index is 0.414. The van der Waals surface area contributed by atoms with Crippen LogP contribution in [0.2, 0.25) is 0 Å². The van der Waals surface area contributed by atoms with Gasteiger partial charge in [-0.2, -0.15) is 5.10 Å². The van der Waals surface area contributed by atoms with E-state index in [0.29, 0.717) is 5.92 Å². The maximum absolute atomic E-state index is 4.77. The van der Waals surface area contributed by atoms with Crippen LogP contribution in [-0.4, -0.2) is 37.6 Å². The van der Waals surface area contributed by atoms with Crippen molar-refractivity contribution in [2.45, 2.75) is 18.9 Å². The van der Waals surface area contributed by atoms with Crippen molar-refractivity contribution in [3.63, 3.8) is 0 Å². The van der Waals surface area contributed by atoms with E-state index in [0.717, 1.165) is 48.7 Å². The highest BCUT2D eigenvalue weighted by Gasteiger charge is 2.27. The van der Waals surface area contributed by atoms with E-state index in [1.807, 2.05) is 40.4 Å². The molecule has 5 nitrogen and oxygen atoms in total. The molecule has 0 amide bonds. The molecule has 1 fully saturated rings. The molecular formula is C20H19N5S. The summed E-state index contributed by atoms with van der Waals surface area (Å²) in [4.78, 5) is 12.9.